The number of ether oxygens (including phenoxy) is 2. The highest BCUT2D eigenvalue weighted by Gasteiger charge is 2.42. The molecule has 1 aliphatic carbocycles. The molecule has 3 aliphatic rings. The Hall–Kier alpha value is -1.32. The van der Waals surface area contributed by atoms with Crippen LogP contribution in [0.1, 0.15) is 51.0 Å². The van der Waals surface area contributed by atoms with Crippen LogP contribution in [-0.2, 0) is 14.6 Å². The van der Waals surface area contributed by atoms with Crippen molar-refractivity contribution in [1.29, 1.82) is 0 Å². The third-order valence-corrected chi connectivity index (χ3v) is 7.41. The first-order chi connectivity index (χ1) is 13.4. The minimum Gasteiger partial charge on any atom is -0.475 e. The summed E-state index contributed by atoms with van der Waals surface area (Å²) < 4.78 is 35.7. The van der Waals surface area contributed by atoms with E-state index in [1.54, 1.807) is 0 Å². The van der Waals surface area contributed by atoms with E-state index in [1.165, 1.54) is 31.9 Å². The van der Waals surface area contributed by atoms with Crippen molar-refractivity contribution in [2.45, 2.75) is 69.1 Å². The summed E-state index contributed by atoms with van der Waals surface area (Å²) in [5, 5.41) is 4.53. The molecule has 2 aliphatic heterocycles. The Morgan fingerprint density at radius 1 is 1.11 bits per heavy atom. The molecule has 0 aromatic carbocycles. The summed E-state index contributed by atoms with van der Waals surface area (Å²) in [6.07, 6.45) is 10.6. The van der Waals surface area contributed by atoms with Gasteiger partial charge < -0.3 is 15.2 Å². The van der Waals surface area contributed by atoms with Crippen LogP contribution < -0.4 is 10.5 Å². The largest absolute Gasteiger partial charge is 0.475 e. The van der Waals surface area contributed by atoms with Gasteiger partial charge in [-0.25, -0.2) is 8.42 Å². The summed E-state index contributed by atoms with van der Waals surface area (Å²) in [7, 11) is -2.97. The van der Waals surface area contributed by atoms with Crippen LogP contribution >= 0.6 is 0 Å². The zero-order chi connectivity index (χ0) is 19.7. The maximum Gasteiger partial charge on any atom is 0.256 e. The summed E-state index contributed by atoms with van der Waals surface area (Å²) in [5.41, 5.74) is 6.58. The van der Waals surface area contributed by atoms with Crippen LogP contribution in [-0.4, -0.2) is 73.1 Å². The smallest absolute Gasteiger partial charge is 0.256 e. The summed E-state index contributed by atoms with van der Waals surface area (Å²) in [6, 6.07) is 2.25. The summed E-state index contributed by atoms with van der Waals surface area (Å²) >= 11 is 0. The number of hydrogen-bond donors (Lipinski definition) is 1. The molecular weight excluding hydrogens is 380 g/mol. The molecule has 0 spiro atoms. The Labute approximate surface area is 167 Å². The lowest BCUT2D eigenvalue weighted by Gasteiger charge is -2.43. The fraction of sp³-hybridized carbons (Fsp3) is 0.842. The van der Waals surface area contributed by atoms with Gasteiger partial charge in [-0.2, -0.15) is 0 Å². The second-order valence-corrected chi connectivity index (χ2v) is 10.8. The molecule has 3 fully saturated rings. The zero-order valence-electron chi connectivity index (χ0n) is 16.6. The van der Waals surface area contributed by atoms with Crippen molar-refractivity contribution in [3.05, 3.63) is 6.20 Å². The number of fused-ring (bicyclic) bond motifs is 2. The molecule has 0 unspecified atom stereocenters. The Morgan fingerprint density at radius 2 is 1.71 bits per heavy atom. The third-order valence-electron chi connectivity index (χ3n) is 6.38. The number of hydrogen-bond acceptors (Lipinski definition) is 7. The molecule has 2 atom stereocenters. The molecule has 1 aromatic rings. The molecule has 1 saturated carbocycles. The molecular formula is C19H32N4O4S. The number of rotatable bonds is 7. The second kappa shape index (κ2) is 8.20. The van der Waals surface area contributed by atoms with Crippen LogP contribution in [0.5, 0.6) is 5.88 Å². The first-order valence-corrected chi connectivity index (χ1v) is 12.5. The number of nitrogens with two attached hydrogens (primary N) is 1. The third kappa shape index (κ3) is 4.46. The van der Waals surface area contributed by atoms with Crippen LogP contribution in [0.3, 0.4) is 0 Å². The van der Waals surface area contributed by atoms with E-state index in [-0.39, 0.29) is 5.75 Å². The number of anilines is 1. The highest BCUT2D eigenvalue weighted by atomic mass is 32.2. The maximum atomic E-state index is 11.2. The van der Waals surface area contributed by atoms with E-state index in [1.807, 2.05) is 10.9 Å². The molecule has 1 aromatic heterocycles. The second-order valence-electron chi connectivity index (χ2n) is 8.53. The Bertz CT molecular complexity index is 757. The van der Waals surface area contributed by atoms with E-state index >= 15 is 0 Å². The minimum absolute atomic E-state index is 0.112. The predicted octanol–water partition coefficient (Wildman–Crippen LogP) is 1.63. The van der Waals surface area contributed by atoms with Gasteiger partial charge in [-0.05, 0) is 44.9 Å². The SMILES string of the molecule is CS(=O)(=O)CCCOc1nn(C2CCC(N3[C@@H]4CC[C@H]3COC4)CC2)cc1N. The van der Waals surface area contributed by atoms with Gasteiger partial charge in [-0.3, -0.25) is 9.58 Å². The Morgan fingerprint density at radius 3 is 2.36 bits per heavy atom. The number of sulfone groups is 1. The Balaban J connectivity index is 1.29. The summed E-state index contributed by atoms with van der Waals surface area (Å²) in [6.45, 7) is 2.10. The molecule has 3 heterocycles. The van der Waals surface area contributed by atoms with Gasteiger partial charge in [0.15, 0.2) is 0 Å². The molecule has 8 nitrogen and oxygen atoms in total. The van der Waals surface area contributed by atoms with Gasteiger partial charge in [0.2, 0.25) is 0 Å². The van der Waals surface area contributed by atoms with Crippen molar-refractivity contribution in [3.63, 3.8) is 0 Å². The molecule has 0 amide bonds. The molecule has 2 bridgehead atoms. The number of aromatic nitrogens is 2. The number of nitrogens with zero attached hydrogens (tertiary/aromatic N) is 3. The first-order valence-electron chi connectivity index (χ1n) is 10.4. The van der Waals surface area contributed by atoms with Crippen LogP contribution in [0, 0.1) is 0 Å². The van der Waals surface area contributed by atoms with Crippen LogP contribution in [0.2, 0.25) is 0 Å². The van der Waals surface area contributed by atoms with E-state index in [2.05, 4.69) is 10.00 Å². The van der Waals surface area contributed by atoms with Gasteiger partial charge in [0, 0.05) is 24.4 Å². The van der Waals surface area contributed by atoms with Gasteiger partial charge in [0.25, 0.3) is 5.88 Å². The van der Waals surface area contributed by atoms with E-state index in [4.69, 9.17) is 15.2 Å². The monoisotopic (exact) mass is 412 g/mol. The highest BCUT2D eigenvalue weighted by Crippen LogP contribution is 2.38. The highest BCUT2D eigenvalue weighted by molar-refractivity contribution is 7.90. The predicted molar refractivity (Wildman–Crippen MR) is 107 cm³/mol. The fourth-order valence-corrected chi connectivity index (χ4v) is 5.70. The lowest BCUT2D eigenvalue weighted by molar-refractivity contribution is -0.0458. The van der Waals surface area contributed by atoms with Crippen molar-refractivity contribution < 1.29 is 17.9 Å². The van der Waals surface area contributed by atoms with E-state index < -0.39 is 9.84 Å². The lowest BCUT2D eigenvalue weighted by Crippen LogP contribution is -2.52. The average Bonchev–Trinajstić information content (AvgIpc) is 3.14. The topological polar surface area (TPSA) is 99.7 Å². The van der Waals surface area contributed by atoms with Crippen molar-refractivity contribution in [2.75, 3.05) is 37.6 Å². The molecule has 2 saturated heterocycles. The standard InChI is InChI=1S/C19H32N4O4S/c1-28(24,25)10-2-9-27-19-18(20)11-22(21-19)14-3-5-15(6-4-14)23-16-7-8-17(23)13-26-12-16/h11,14-17H,2-10,12-13,20H2,1H3/t14?,15?,16-,17+. The van der Waals surface area contributed by atoms with E-state index in [9.17, 15) is 8.42 Å². The molecule has 0 radical (unpaired) electrons. The van der Waals surface area contributed by atoms with E-state index in [0.29, 0.717) is 48.8 Å². The summed E-state index contributed by atoms with van der Waals surface area (Å²) in [4.78, 5) is 2.74. The number of morpholine rings is 1. The van der Waals surface area contributed by atoms with Gasteiger partial charge in [-0.15, -0.1) is 5.10 Å². The van der Waals surface area contributed by atoms with Crippen molar-refractivity contribution >= 4 is 15.5 Å². The van der Waals surface area contributed by atoms with Gasteiger partial charge >= 0.3 is 0 Å². The molecule has 9 heteroatoms. The van der Waals surface area contributed by atoms with Gasteiger partial charge in [0.05, 0.1) is 37.8 Å². The van der Waals surface area contributed by atoms with Crippen molar-refractivity contribution in [2.24, 2.45) is 0 Å². The quantitative estimate of drug-likeness (QED) is 0.679. The van der Waals surface area contributed by atoms with Crippen LogP contribution in [0.4, 0.5) is 5.69 Å². The minimum atomic E-state index is -2.97. The van der Waals surface area contributed by atoms with Gasteiger partial charge in [-0.1, -0.05) is 0 Å². The fourth-order valence-electron chi connectivity index (χ4n) is 5.06. The normalized spacial score (nSPS) is 31.2. The average molecular weight is 413 g/mol. The molecule has 4 rings (SSSR count). The van der Waals surface area contributed by atoms with Gasteiger partial charge in [0.1, 0.15) is 15.5 Å². The van der Waals surface area contributed by atoms with E-state index in [0.717, 1.165) is 26.1 Å². The first kappa shape index (κ1) is 20.0. The molecule has 28 heavy (non-hydrogen) atoms. The maximum absolute atomic E-state index is 11.2. The number of nitrogen functional groups attached to an aromatic ring is 1. The molecule has 158 valence electrons. The van der Waals surface area contributed by atoms with Crippen molar-refractivity contribution in [1.82, 2.24) is 14.7 Å². The van der Waals surface area contributed by atoms with Crippen LogP contribution in [0.15, 0.2) is 6.20 Å². The summed E-state index contributed by atoms with van der Waals surface area (Å²) in [5.74, 6) is 0.531. The lowest BCUT2D eigenvalue weighted by atomic mass is 9.89. The van der Waals surface area contributed by atoms with Crippen molar-refractivity contribution in [3.8, 4) is 5.88 Å². The molecule has 2 N–H and O–H groups in total. The Kier molecular flexibility index (Phi) is 5.85. The van der Waals surface area contributed by atoms with Crippen LogP contribution in [0.25, 0.3) is 0 Å². The zero-order valence-corrected chi connectivity index (χ0v) is 17.4.